The van der Waals surface area contributed by atoms with Gasteiger partial charge in [-0.15, -0.1) is 0 Å². The molecule has 0 amide bonds. The van der Waals surface area contributed by atoms with Crippen LogP contribution in [0.2, 0.25) is 0 Å². The number of rotatable bonds is 3. The Morgan fingerprint density at radius 3 is 2.57 bits per heavy atom. The number of aryl methyl sites for hydroxylation is 1. The summed E-state index contributed by atoms with van der Waals surface area (Å²) in [6, 6.07) is 4.10. The Labute approximate surface area is 80.2 Å². The fourth-order valence-electron chi connectivity index (χ4n) is 1.08. The molecule has 0 aliphatic carbocycles. The van der Waals surface area contributed by atoms with Gasteiger partial charge in [0.25, 0.3) is 0 Å². The lowest BCUT2D eigenvalue weighted by Crippen LogP contribution is -2.15. The second-order valence-corrected chi connectivity index (χ2v) is 2.99. The van der Waals surface area contributed by atoms with E-state index >= 15 is 0 Å². The van der Waals surface area contributed by atoms with E-state index in [-0.39, 0.29) is 12.2 Å². The van der Waals surface area contributed by atoms with Crippen molar-refractivity contribution in [3.63, 3.8) is 0 Å². The van der Waals surface area contributed by atoms with Crippen molar-refractivity contribution in [3.8, 4) is 0 Å². The number of aliphatic carboxylic acids is 1. The topological polar surface area (TPSA) is 54.4 Å². The predicted molar refractivity (Wildman–Crippen MR) is 47.5 cm³/mol. The van der Waals surface area contributed by atoms with Crippen LogP contribution in [0, 0.1) is 12.7 Å². The molecule has 1 rings (SSSR count). The molecule has 4 heteroatoms. The number of benzene rings is 1. The minimum atomic E-state index is -1.47. The zero-order chi connectivity index (χ0) is 10.7. The summed E-state index contributed by atoms with van der Waals surface area (Å²) in [5, 5.41) is 8.34. The van der Waals surface area contributed by atoms with Crippen molar-refractivity contribution in [2.24, 2.45) is 0 Å². The van der Waals surface area contributed by atoms with Gasteiger partial charge < -0.3 is 5.11 Å². The molecule has 0 fully saturated rings. The van der Waals surface area contributed by atoms with Crippen LogP contribution in [0.25, 0.3) is 0 Å². The predicted octanol–water partition coefficient (Wildman–Crippen LogP) is 1.33. The Balaban J connectivity index is 2.83. The zero-order valence-corrected chi connectivity index (χ0v) is 7.58. The highest BCUT2D eigenvalue weighted by Crippen LogP contribution is 2.09. The first-order valence-corrected chi connectivity index (χ1v) is 4.02. The van der Waals surface area contributed by atoms with Crippen molar-refractivity contribution >= 4 is 11.8 Å². The third-order valence-corrected chi connectivity index (χ3v) is 1.83. The average molecular weight is 196 g/mol. The lowest BCUT2D eigenvalue weighted by Gasteiger charge is -2.00. The number of carbonyl (C=O) groups excluding carboxylic acids is 1. The monoisotopic (exact) mass is 196 g/mol. The normalized spacial score (nSPS) is 9.86. The maximum atomic E-state index is 12.8. The molecule has 0 aliphatic rings. The first-order valence-electron chi connectivity index (χ1n) is 4.02. The molecular formula is C10H9FO3. The molecule has 74 valence electrons. The van der Waals surface area contributed by atoms with Gasteiger partial charge in [0, 0.05) is 6.42 Å². The van der Waals surface area contributed by atoms with Gasteiger partial charge in [-0.25, -0.2) is 9.18 Å². The molecule has 0 unspecified atom stereocenters. The number of carboxylic acids is 1. The summed E-state index contributed by atoms with van der Waals surface area (Å²) in [7, 11) is 0. The van der Waals surface area contributed by atoms with Crippen molar-refractivity contribution in [1.29, 1.82) is 0 Å². The van der Waals surface area contributed by atoms with Crippen molar-refractivity contribution in [1.82, 2.24) is 0 Å². The Morgan fingerprint density at radius 1 is 1.43 bits per heavy atom. The molecule has 0 aliphatic heterocycles. The van der Waals surface area contributed by atoms with E-state index in [1.807, 2.05) is 0 Å². The summed E-state index contributed by atoms with van der Waals surface area (Å²) in [5.41, 5.74) is 0.914. The van der Waals surface area contributed by atoms with Crippen LogP contribution in [0.4, 0.5) is 4.39 Å². The van der Waals surface area contributed by atoms with Gasteiger partial charge in [0.15, 0.2) is 0 Å². The molecule has 14 heavy (non-hydrogen) atoms. The summed E-state index contributed by atoms with van der Waals surface area (Å²) in [4.78, 5) is 21.0. The molecule has 1 aromatic carbocycles. The standard InChI is InChI=1S/C10H9FO3/c1-6-4-7(2-3-8(6)11)5-9(12)10(13)14/h2-4H,5H2,1H3,(H,13,14). The van der Waals surface area contributed by atoms with Gasteiger partial charge in [-0.1, -0.05) is 12.1 Å². The van der Waals surface area contributed by atoms with E-state index in [0.717, 1.165) is 0 Å². The molecule has 0 heterocycles. The second-order valence-electron chi connectivity index (χ2n) is 2.99. The van der Waals surface area contributed by atoms with E-state index in [0.29, 0.717) is 11.1 Å². The average Bonchev–Trinajstić information content (AvgIpc) is 2.11. The van der Waals surface area contributed by atoms with Crippen LogP contribution in [0.3, 0.4) is 0 Å². The van der Waals surface area contributed by atoms with Crippen molar-refractivity contribution in [3.05, 3.63) is 35.1 Å². The second kappa shape index (κ2) is 4.00. The fourth-order valence-corrected chi connectivity index (χ4v) is 1.08. The highest BCUT2D eigenvalue weighted by atomic mass is 19.1. The molecule has 3 nitrogen and oxygen atoms in total. The zero-order valence-electron chi connectivity index (χ0n) is 7.58. The molecule has 0 aromatic heterocycles. The number of Topliss-reactive ketones (excluding diaryl/α,β-unsaturated/α-hetero) is 1. The number of hydrogen-bond acceptors (Lipinski definition) is 2. The van der Waals surface area contributed by atoms with Gasteiger partial charge in [-0.2, -0.15) is 0 Å². The third-order valence-electron chi connectivity index (χ3n) is 1.83. The fraction of sp³-hybridized carbons (Fsp3) is 0.200. The Kier molecular flexibility index (Phi) is 2.96. The summed E-state index contributed by atoms with van der Waals surface area (Å²) in [6.45, 7) is 1.56. The van der Waals surface area contributed by atoms with E-state index in [4.69, 9.17) is 5.11 Å². The van der Waals surface area contributed by atoms with Crippen LogP contribution >= 0.6 is 0 Å². The van der Waals surface area contributed by atoms with Crippen LogP contribution < -0.4 is 0 Å². The van der Waals surface area contributed by atoms with Crippen molar-refractivity contribution < 1.29 is 19.1 Å². The van der Waals surface area contributed by atoms with Gasteiger partial charge >= 0.3 is 5.97 Å². The third kappa shape index (κ3) is 2.39. The summed E-state index contributed by atoms with van der Waals surface area (Å²) in [6.07, 6.45) is -0.198. The molecular weight excluding hydrogens is 187 g/mol. The summed E-state index contributed by atoms with van der Waals surface area (Å²) < 4.78 is 12.8. The van der Waals surface area contributed by atoms with E-state index in [2.05, 4.69) is 0 Å². The maximum absolute atomic E-state index is 12.8. The first kappa shape index (κ1) is 10.4. The van der Waals surface area contributed by atoms with Gasteiger partial charge in [-0.05, 0) is 24.1 Å². The highest BCUT2D eigenvalue weighted by Gasteiger charge is 2.12. The van der Waals surface area contributed by atoms with E-state index in [1.165, 1.54) is 18.2 Å². The van der Waals surface area contributed by atoms with Crippen molar-refractivity contribution in [2.75, 3.05) is 0 Å². The van der Waals surface area contributed by atoms with Crippen LogP contribution in [0.1, 0.15) is 11.1 Å². The molecule has 0 saturated heterocycles. The number of halogens is 1. The summed E-state index contributed by atoms with van der Waals surface area (Å²) >= 11 is 0. The minimum absolute atomic E-state index is 0.198. The minimum Gasteiger partial charge on any atom is -0.475 e. The quantitative estimate of drug-likeness (QED) is 0.742. The van der Waals surface area contributed by atoms with Crippen LogP contribution in [0.15, 0.2) is 18.2 Å². The smallest absolute Gasteiger partial charge is 0.372 e. The Hall–Kier alpha value is -1.71. The molecule has 0 bridgehead atoms. The molecule has 0 spiro atoms. The number of carbonyl (C=O) groups is 2. The molecule has 0 atom stereocenters. The maximum Gasteiger partial charge on any atom is 0.372 e. The number of hydrogen-bond donors (Lipinski definition) is 1. The van der Waals surface area contributed by atoms with E-state index in [9.17, 15) is 14.0 Å². The highest BCUT2D eigenvalue weighted by molar-refractivity contribution is 6.33. The van der Waals surface area contributed by atoms with Crippen LogP contribution in [0.5, 0.6) is 0 Å². The number of carboxylic acid groups (broad SMARTS) is 1. The van der Waals surface area contributed by atoms with E-state index < -0.39 is 11.8 Å². The van der Waals surface area contributed by atoms with Crippen LogP contribution in [-0.2, 0) is 16.0 Å². The van der Waals surface area contributed by atoms with Gasteiger partial charge in [0.2, 0.25) is 5.78 Å². The summed E-state index contributed by atoms with van der Waals surface area (Å²) in [5.74, 6) is -2.72. The Bertz CT molecular complexity index is 385. The first-order chi connectivity index (χ1) is 6.50. The van der Waals surface area contributed by atoms with Gasteiger partial charge in [0.05, 0.1) is 0 Å². The van der Waals surface area contributed by atoms with E-state index in [1.54, 1.807) is 6.92 Å². The Morgan fingerprint density at radius 2 is 2.07 bits per heavy atom. The SMILES string of the molecule is Cc1cc(CC(=O)C(=O)O)ccc1F. The van der Waals surface area contributed by atoms with Gasteiger partial charge in [0.1, 0.15) is 5.82 Å². The van der Waals surface area contributed by atoms with Gasteiger partial charge in [-0.3, -0.25) is 4.79 Å². The lowest BCUT2D eigenvalue weighted by atomic mass is 10.1. The van der Waals surface area contributed by atoms with Crippen molar-refractivity contribution in [2.45, 2.75) is 13.3 Å². The molecule has 0 saturated carbocycles. The molecule has 0 radical (unpaired) electrons. The lowest BCUT2D eigenvalue weighted by molar-refractivity contribution is -0.148. The largest absolute Gasteiger partial charge is 0.475 e. The number of ketones is 1. The molecule has 1 N–H and O–H groups in total. The molecule has 1 aromatic rings. The van der Waals surface area contributed by atoms with Crippen LogP contribution in [-0.4, -0.2) is 16.9 Å².